The number of hydrogen-bond acceptors (Lipinski definition) is 3. The molecule has 17 heavy (non-hydrogen) atoms. The summed E-state index contributed by atoms with van der Waals surface area (Å²) >= 11 is 0. The second-order valence-corrected chi connectivity index (χ2v) is 4.57. The van der Waals surface area contributed by atoms with Gasteiger partial charge in [0.15, 0.2) is 0 Å². The van der Waals surface area contributed by atoms with Crippen LogP contribution in [0, 0.1) is 5.92 Å². The molecule has 0 spiro atoms. The van der Waals surface area contributed by atoms with Gasteiger partial charge in [0.1, 0.15) is 0 Å². The Hall–Kier alpha value is -1.16. The number of nitrogens with zero attached hydrogens (tertiary/aromatic N) is 1. The fraction of sp³-hybridized carbons (Fsp3) is 0.429. The van der Waals surface area contributed by atoms with Crippen molar-refractivity contribution in [2.45, 2.75) is 18.7 Å². The summed E-state index contributed by atoms with van der Waals surface area (Å²) in [5, 5.41) is 19.2. The molecule has 2 N–H and O–H groups in total. The van der Waals surface area contributed by atoms with Gasteiger partial charge in [-0.05, 0) is 5.56 Å². The number of rotatable bonds is 4. The van der Waals surface area contributed by atoms with Crippen molar-refractivity contribution in [1.82, 2.24) is 4.90 Å². The number of hydrogen-bond donors (Lipinski definition) is 2. The zero-order chi connectivity index (χ0) is 12.3. The number of aliphatic hydroxyl groups is 2. The maximum atomic E-state index is 10.0. The SMILES string of the molecule is C=C[C@H]1[C@H](O)[C@@H](CO)CN1Cc1ccccc1. The van der Waals surface area contributed by atoms with E-state index in [0.29, 0.717) is 6.54 Å². The lowest BCUT2D eigenvalue weighted by Gasteiger charge is -2.22. The molecule has 1 aromatic rings. The summed E-state index contributed by atoms with van der Waals surface area (Å²) in [7, 11) is 0. The van der Waals surface area contributed by atoms with Crippen LogP contribution in [0.3, 0.4) is 0 Å². The molecule has 0 aromatic heterocycles. The van der Waals surface area contributed by atoms with Crippen molar-refractivity contribution in [3.8, 4) is 0 Å². The van der Waals surface area contributed by atoms with E-state index in [1.807, 2.05) is 18.2 Å². The summed E-state index contributed by atoms with van der Waals surface area (Å²) in [6, 6.07) is 10.1. The predicted molar refractivity (Wildman–Crippen MR) is 67.4 cm³/mol. The molecule has 3 nitrogen and oxygen atoms in total. The van der Waals surface area contributed by atoms with Crippen LogP contribution in [0.2, 0.25) is 0 Å². The molecule has 0 bridgehead atoms. The van der Waals surface area contributed by atoms with E-state index in [4.69, 9.17) is 0 Å². The summed E-state index contributed by atoms with van der Waals surface area (Å²) < 4.78 is 0. The van der Waals surface area contributed by atoms with Crippen LogP contribution in [-0.4, -0.2) is 40.4 Å². The minimum atomic E-state index is -0.513. The highest BCUT2D eigenvalue weighted by atomic mass is 16.3. The van der Waals surface area contributed by atoms with Crippen molar-refractivity contribution >= 4 is 0 Å². The molecule has 1 aromatic carbocycles. The maximum Gasteiger partial charge on any atom is 0.0793 e. The molecular formula is C14H19NO2. The molecular weight excluding hydrogens is 214 g/mol. The lowest BCUT2D eigenvalue weighted by Crippen LogP contribution is -2.33. The first-order valence-corrected chi connectivity index (χ1v) is 5.95. The van der Waals surface area contributed by atoms with E-state index in [0.717, 1.165) is 6.54 Å². The topological polar surface area (TPSA) is 43.7 Å². The van der Waals surface area contributed by atoms with Crippen LogP contribution in [0.25, 0.3) is 0 Å². The molecule has 3 atom stereocenters. The Labute approximate surface area is 102 Å². The van der Waals surface area contributed by atoms with E-state index in [1.54, 1.807) is 6.08 Å². The largest absolute Gasteiger partial charge is 0.396 e. The van der Waals surface area contributed by atoms with Crippen molar-refractivity contribution in [3.63, 3.8) is 0 Å². The molecule has 2 rings (SSSR count). The second kappa shape index (κ2) is 5.45. The van der Waals surface area contributed by atoms with Crippen molar-refractivity contribution in [1.29, 1.82) is 0 Å². The zero-order valence-corrected chi connectivity index (χ0v) is 9.87. The third kappa shape index (κ3) is 2.57. The minimum absolute atomic E-state index is 0.0246. The van der Waals surface area contributed by atoms with Gasteiger partial charge in [0.05, 0.1) is 12.1 Å². The first-order chi connectivity index (χ1) is 8.26. The summed E-state index contributed by atoms with van der Waals surface area (Å²) in [6.07, 6.45) is 1.25. The Balaban J connectivity index is 2.08. The minimum Gasteiger partial charge on any atom is -0.396 e. The van der Waals surface area contributed by atoms with E-state index >= 15 is 0 Å². The van der Waals surface area contributed by atoms with Gasteiger partial charge in [-0.25, -0.2) is 0 Å². The van der Waals surface area contributed by atoms with Gasteiger partial charge in [-0.1, -0.05) is 36.4 Å². The number of aliphatic hydroxyl groups excluding tert-OH is 2. The van der Waals surface area contributed by atoms with Crippen molar-refractivity contribution in [2.75, 3.05) is 13.2 Å². The summed E-state index contributed by atoms with van der Waals surface area (Å²) in [5.74, 6) is -0.0679. The predicted octanol–water partition coefficient (Wildman–Crippen LogP) is 1.03. The number of likely N-dealkylation sites (tertiary alicyclic amines) is 1. The van der Waals surface area contributed by atoms with Crippen LogP contribution >= 0.6 is 0 Å². The first-order valence-electron chi connectivity index (χ1n) is 5.95. The Morgan fingerprint density at radius 2 is 2.06 bits per heavy atom. The van der Waals surface area contributed by atoms with Gasteiger partial charge in [0.25, 0.3) is 0 Å². The van der Waals surface area contributed by atoms with Crippen molar-refractivity contribution < 1.29 is 10.2 Å². The molecule has 1 heterocycles. The molecule has 1 aliphatic heterocycles. The van der Waals surface area contributed by atoms with Gasteiger partial charge in [-0.2, -0.15) is 0 Å². The van der Waals surface area contributed by atoms with E-state index < -0.39 is 6.10 Å². The fourth-order valence-electron chi connectivity index (χ4n) is 2.47. The highest BCUT2D eigenvalue weighted by molar-refractivity contribution is 5.16. The first kappa shape index (κ1) is 12.3. The standard InChI is InChI=1S/C14H19NO2/c1-2-13-14(17)12(10-16)9-15(13)8-11-6-4-3-5-7-11/h2-7,12-14,16-17H,1,8-10H2/t12-,13+,14-/m1/s1. The number of benzene rings is 1. The molecule has 1 fully saturated rings. The fourth-order valence-corrected chi connectivity index (χ4v) is 2.47. The lowest BCUT2D eigenvalue weighted by atomic mass is 10.0. The van der Waals surface area contributed by atoms with Crippen LogP contribution in [0.5, 0.6) is 0 Å². The van der Waals surface area contributed by atoms with Gasteiger partial charge in [0.2, 0.25) is 0 Å². The lowest BCUT2D eigenvalue weighted by molar-refractivity contribution is 0.0863. The van der Waals surface area contributed by atoms with Gasteiger partial charge >= 0.3 is 0 Å². The normalized spacial score (nSPS) is 29.4. The van der Waals surface area contributed by atoms with Gasteiger partial charge in [-0.15, -0.1) is 6.58 Å². The van der Waals surface area contributed by atoms with Crippen molar-refractivity contribution in [2.24, 2.45) is 5.92 Å². The smallest absolute Gasteiger partial charge is 0.0793 e. The average molecular weight is 233 g/mol. The molecule has 1 aliphatic rings. The van der Waals surface area contributed by atoms with Crippen LogP contribution in [0.1, 0.15) is 5.56 Å². The molecule has 3 heteroatoms. The van der Waals surface area contributed by atoms with E-state index in [9.17, 15) is 10.2 Å². The third-order valence-electron chi connectivity index (χ3n) is 3.43. The molecule has 0 aliphatic carbocycles. The Bertz CT molecular complexity index is 366. The summed E-state index contributed by atoms with van der Waals surface area (Å²) in [6.45, 7) is 5.29. The Kier molecular flexibility index (Phi) is 3.94. The quantitative estimate of drug-likeness (QED) is 0.763. The molecule has 0 unspecified atom stereocenters. The van der Waals surface area contributed by atoms with Crippen LogP contribution in [0.15, 0.2) is 43.0 Å². The molecule has 0 radical (unpaired) electrons. The van der Waals surface area contributed by atoms with Crippen LogP contribution < -0.4 is 0 Å². The Morgan fingerprint density at radius 3 is 2.65 bits per heavy atom. The highest BCUT2D eigenvalue weighted by Crippen LogP contribution is 2.26. The molecule has 1 saturated heterocycles. The molecule has 0 saturated carbocycles. The molecule has 0 amide bonds. The van der Waals surface area contributed by atoms with Crippen LogP contribution in [0.4, 0.5) is 0 Å². The highest BCUT2D eigenvalue weighted by Gasteiger charge is 2.38. The van der Waals surface area contributed by atoms with E-state index in [1.165, 1.54) is 5.56 Å². The van der Waals surface area contributed by atoms with E-state index in [2.05, 4.69) is 23.6 Å². The second-order valence-electron chi connectivity index (χ2n) is 4.57. The maximum absolute atomic E-state index is 10.0. The zero-order valence-electron chi connectivity index (χ0n) is 9.87. The average Bonchev–Trinajstić information content (AvgIpc) is 2.66. The third-order valence-corrected chi connectivity index (χ3v) is 3.43. The van der Waals surface area contributed by atoms with E-state index in [-0.39, 0.29) is 18.6 Å². The Morgan fingerprint density at radius 1 is 1.35 bits per heavy atom. The van der Waals surface area contributed by atoms with Crippen molar-refractivity contribution in [3.05, 3.63) is 48.6 Å². The molecule has 92 valence electrons. The van der Waals surface area contributed by atoms with Gasteiger partial charge < -0.3 is 10.2 Å². The van der Waals surface area contributed by atoms with Crippen LogP contribution in [-0.2, 0) is 6.54 Å². The summed E-state index contributed by atoms with van der Waals surface area (Å²) in [5.41, 5.74) is 1.21. The van der Waals surface area contributed by atoms with Gasteiger partial charge in [0, 0.05) is 25.6 Å². The monoisotopic (exact) mass is 233 g/mol. The summed E-state index contributed by atoms with van der Waals surface area (Å²) in [4.78, 5) is 2.16. The van der Waals surface area contributed by atoms with Gasteiger partial charge in [-0.3, -0.25) is 4.90 Å².